The highest BCUT2D eigenvalue weighted by Crippen LogP contribution is 2.31. The largest absolute Gasteiger partial charge is 0.480 e. The lowest BCUT2D eigenvalue weighted by molar-refractivity contribution is -0.137. The Kier molecular flexibility index (Phi) is 3.06. The molecule has 4 nitrogen and oxygen atoms in total. The Hall–Kier alpha value is -1.40. The first-order chi connectivity index (χ1) is 9.04. The zero-order chi connectivity index (χ0) is 13.6. The van der Waals surface area contributed by atoms with Gasteiger partial charge >= 0.3 is 5.97 Å². The van der Waals surface area contributed by atoms with E-state index in [1.165, 1.54) is 17.3 Å². The second kappa shape index (κ2) is 4.61. The summed E-state index contributed by atoms with van der Waals surface area (Å²) in [5.74, 6) is -0.367. The molecule has 0 spiro atoms. The first kappa shape index (κ1) is 12.6. The van der Waals surface area contributed by atoms with Crippen molar-refractivity contribution in [1.82, 2.24) is 4.98 Å². The predicted octanol–water partition coefficient (Wildman–Crippen LogP) is 2.86. The molecule has 1 aliphatic rings. The van der Waals surface area contributed by atoms with Crippen molar-refractivity contribution in [3.8, 4) is 0 Å². The third kappa shape index (κ3) is 2.26. The molecule has 2 aromatic rings. The maximum absolute atomic E-state index is 10.9. The number of hydrogen-bond acceptors (Lipinski definition) is 5. The Morgan fingerprint density at radius 2 is 2.21 bits per heavy atom. The highest BCUT2D eigenvalue weighted by atomic mass is 32.2. The van der Waals surface area contributed by atoms with Crippen molar-refractivity contribution < 1.29 is 9.90 Å². The van der Waals surface area contributed by atoms with E-state index in [2.05, 4.69) is 29.0 Å². The fraction of sp³-hybridized carbons (Fsp3) is 0.308. The van der Waals surface area contributed by atoms with Crippen LogP contribution in [0.4, 0.5) is 0 Å². The van der Waals surface area contributed by atoms with Crippen molar-refractivity contribution >= 4 is 44.3 Å². The second-order valence-corrected chi connectivity index (χ2v) is 6.59. The van der Waals surface area contributed by atoms with E-state index in [1.54, 1.807) is 11.3 Å². The fourth-order valence-electron chi connectivity index (χ4n) is 2.08. The number of aliphatic carboxylic acids is 1. The van der Waals surface area contributed by atoms with Gasteiger partial charge in [0.2, 0.25) is 0 Å². The fourth-order valence-corrected chi connectivity index (χ4v) is 4.32. The van der Waals surface area contributed by atoms with Crippen LogP contribution in [-0.2, 0) is 4.79 Å². The number of aliphatic imine (C=N–C) groups is 1. The summed E-state index contributed by atoms with van der Waals surface area (Å²) in [6, 6.07) is 3.59. The summed E-state index contributed by atoms with van der Waals surface area (Å²) in [6.45, 7) is 4.11. The molecule has 6 heteroatoms. The van der Waals surface area contributed by atoms with E-state index in [4.69, 9.17) is 5.11 Å². The van der Waals surface area contributed by atoms with Crippen LogP contribution in [0.1, 0.15) is 16.1 Å². The number of carboxylic acid groups (broad SMARTS) is 1. The van der Waals surface area contributed by atoms with Crippen molar-refractivity contribution in [2.24, 2.45) is 4.99 Å². The molecule has 3 rings (SSSR count). The minimum absolute atomic E-state index is 0.499. The number of fused-ring (bicyclic) bond motifs is 1. The zero-order valence-corrected chi connectivity index (χ0v) is 12.1. The van der Waals surface area contributed by atoms with Gasteiger partial charge in [0.1, 0.15) is 10.1 Å². The molecule has 0 fully saturated rings. The number of carbonyl (C=O) groups is 1. The average Bonchev–Trinajstić information content (AvgIpc) is 2.92. The van der Waals surface area contributed by atoms with E-state index >= 15 is 0 Å². The van der Waals surface area contributed by atoms with Gasteiger partial charge in [-0.2, -0.15) is 0 Å². The van der Waals surface area contributed by atoms with Crippen molar-refractivity contribution in [2.75, 3.05) is 5.75 Å². The number of aromatic nitrogens is 1. The molecule has 19 heavy (non-hydrogen) atoms. The first-order valence-electron chi connectivity index (χ1n) is 5.86. The topological polar surface area (TPSA) is 62.5 Å². The normalized spacial score (nSPS) is 18.8. The van der Waals surface area contributed by atoms with Gasteiger partial charge in [0.15, 0.2) is 6.04 Å². The Morgan fingerprint density at radius 3 is 2.89 bits per heavy atom. The van der Waals surface area contributed by atoms with Crippen LogP contribution < -0.4 is 0 Å². The summed E-state index contributed by atoms with van der Waals surface area (Å²) in [5.41, 5.74) is 3.35. The quantitative estimate of drug-likeness (QED) is 0.924. The van der Waals surface area contributed by atoms with Gasteiger partial charge in [-0.05, 0) is 31.0 Å². The molecule has 1 aromatic carbocycles. The van der Waals surface area contributed by atoms with Crippen molar-refractivity contribution in [3.05, 3.63) is 28.3 Å². The van der Waals surface area contributed by atoms with Gasteiger partial charge in [0.05, 0.1) is 10.2 Å². The Labute approximate surface area is 118 Å². The van der Waals surface area contributed by atoms with E-state index < -0.39 is 12.0 Å². The molecule has 1 aromatic heterocycles. The van der Waals surface area contributed by atoms with Gasteiger partial charge in [-0.15, -0.1) is 23.1 Å². The van der Waals surface area contributed by atoms with Crippen LogP contribution in [0.25, 0.3) is 10.2 Å². The summed E-state index contributed by atoms with van der Waals surface area (Å²) >= 11 is 3.06. The Bertz CT molecular complexity index is 706. The summed E-state index contributed by atoms with van der Waals surface area (Å²) in [5, 5.41) is 10.5. The summed E-state index contributed by atoms with van der Waals surface area (Å²) < 4.78 is 1.13. The maximum atomic E-state index is 10.9. The van der Waals surface area contributed by atoms with Crippen molar-refractivity contribution in [1.29, 1.82) is 0 Å². The third-order valence-corrected chi connectivity index (χ3v) is 5.14. The van der Waals surface area contributed by atoms with Crippen LogP contribution >= 0.6 is 23.1 Å². The molecule has 0 aliphatic carbocycles. The first-order valence-corrected chi connectivity index (χ1v) is 7.66. The predicted molar refractivity (Wildman–Crippen MR) is 79.5 cm³/mol. The number of carboxylic acids is 1. The molecule has 1 atom stereocenters. The van der Waals surface area contributed by atoms with E-state index in [9.17, 15) is 4.79 Å². The number of nitrogens with zero attached hydrogens (tertiary/aromatic N) is 2. The number of thiazole rings is 1. The molecule has 0 radical (unpaired) electrons. The van der Waals surface area contributed by atoms with Crippen LogP contribution in [0.3, 0.4) is 0 Å². The second-order valence-electron chi connectivity index (χ2n) is 4.55. The number of benzene rings is 1. The van der Waals surface area contributed by atoms with Crippen molar-refractivity contribution in [3.63, 3.8) is 0 Å². The standard InChI is InChI=1S/C13H12N2O2S2/c1-6-3-7(2)10-9(4-6)19-12(15-10)11-14-8(5-18-11)13(16)17/h3-4,8H,5H2,1-2H3,(H,16,17)/t8-/m1/s1. The van der Waals surface area contributed by atoms with Gasteiger partial charge < -0.3 is 5.11 Å². The van der Waals surface area contributed by atoms with Gasteiger partial charge in [0.25, 0.3) is 0 Å². The lowest BCUT2D eigenvalue weighted by atomic mass is 10.1. The molecule has 0 saturated heterocycles. The molecule has 98 valence electrons. The number of rotatable bonds is 2. The van der Waals surface area contributed by atoms with Crippen LogP contribution in [0.2, 0.25) is 0 Å². The van der Waals surface area contributed by atoms with E-state index in [0.717, 1.165) is 25.8 Å². The number of aryl methyl sites for hydroxylation is 2. The molecule has 2 heterocycles. The molecule has 0 amide bonds. The van der Waals surface area contributed by atoms with E-state index in [0.29, 0.717) is 5.75 Å². The van der Waals surface area contributed by atoms with Crippen LogP contribution in [0.5, 0.6) is 0 Å². The highest BCUT2D eigenvalue weighted by Gasteiger charge is 2.26. The number of hydrogen-bond donors (Lipinski definition) is 1. The lowest BCUT2D eigenvalue weighted by Gasteiger charge is -1.95. The van der Waals surface area contributed by atoms with E-state index in [1.807, 2.05) is 6.92 Å². The Morgan fingerprint density at radius 1 is 1.42 bits per heavy atom. The molecule has 0 saturated carbocycles. The highest BCUT2D eigenvalue weighted by molar-refractivity contribution is 8.15. The molecule has 1 N–H and O–H groups in total. The SMILES string of the molecule is Cc1cc(C)c2nc(C3=N[C@@H](C(=O)O)CS3)sc2c1. The summed E-state index contributed by atoms with van der Waals surface area (Å²) in [7, 11) is 0. The molecular formula is C13H12N2O2S2. The van der Waals surface area contributed by atoms with Crippen LogP contribution in [0.15, 0.2) is 17.1 Å². The lowest BCUT2D eigenvalue weighted by Crippen LogP contribution is -2.17. The van der Waals surface area contributed by atoms with E-state index in [-0.39, 0.29) is 0 Å². The monoisotopic (exact) mass is 292 g/mol. The molecule has 0 bridgehead atoms. The number of thioether (sulfide) groups is 1. The van der Waals surface area contributed by atoms with Crippen LogP contribution in [-0.4, -0.2) is 32.9 Å². The zero-order valence-electron chi connectivity index (χ0n) is 10.5. The van der Waals surface area contributed by atoms with Gasteiger partial charge in [-0.1, -0.05) is 6.07 Å². The van der Waals surface area contributed by atoms with Crippen LogP contribution in [0, 0.1) is 13.8 Å². The average molecular weight is 292 g/mol. The Balaban J connectivity index is 2.05. The van der Waals surface area contributed by atoms with Gasteiger partial charge in [-0.25, -0.2) is 9.78 Å². The maximum Gasteiger partial charge on any atom is 0.329 e. The summed E-state index contributed by atoms with van der Waals surface area (Å²) in [6.07, 6.45) is 0. The minimum Gasteiger partial charge on any atom is -0.480 e. The minimum atomic E-state index is -0.865. The molecular weight excluding hydrogens is 280 g/mol. The van der Waals surface area contributed by atoms with Gasteiger partial charge in [-0.3, -0.25) is 4.99 Å². The molecule has 1 aliphatic heterocycles. The van der Waals surface area contributed by atoms with Gasteiger partial charge in [0, 0.05) is 5.75 Å². The summed E-state index contributed by atoms with van der Waals surface area (Å²) in [4.78, 5) is 19.7. The third-order valence-electron chi connectivity index (χ3n) is 2.95. The van der Waals surface area contributed by atoms with Crippen molar-refractivity contribution in [2.45, 2.75) is 19.9 Å². The molecule has 0 unspecified atom stereocenters. The smallest absolute Gasteiger partial charge is 0.329 e.